The summed E-state index contributed by atoms with van der Waals surface area (Å²) in [6, 6.07) is 11.8. The molecule has 4 heterocycles. The number of carbonyl (C=O) groups is 3. The Hall–Kier alpha value is -3.72. The lowest BCUT2D eigenvalue weighted by Crippen LogP contribution is -2.52. The van der Waals surface area contributed by atoms with E-state index in [-0.39, 0.29) is 29.2 Å². The Morgan fingerprint density at radius 3 is 2.49 bits per heavy atom. The van der Waals surface area contributed by atoms with E-state index in [1.165, 1.54) is 10.3 Å². The fourth-order valence-corrected chi connectivity index (χ4v) is 6.50. The van der Waals surface area contributed by atoms with Crippen LogP contribution in [0.5, 0.6) is 0 Å². The molecule has 202 valence electrons. The molecule has 0 bridgehead atoms. The molecule has 1 saturated heterocycles. The number of imide groups is 1. The third-order valence-electron chi connectivity index (χ3n) is 7.40. The number of nitrogens with one attached hydrogen (secondary N) is 2. The van der Waals surface area contributed by atoms with Crippen molar-refractivity contribution in [1.82, 2.24) is 19.6 Å². The number of aromatic nitrogens is 2. The summed E-state index contributed by atoms with van der Waals surface area (Å²) in [5.41, 5.74) is 5.43. The summed E-state index contributed by atoms with van der Waals surface area (Å²) in [4.78, 5) is 44.8. The van der Waals surface area contributed by atoms with Gasteiger partial charge < -0.3 is 10.2 Å². The number of hydrogen-bond donors (Lipinski definition) is 2. The molecule has 6 rings (SSSR count). The fraction of sp³-hybridized carbons (Fsp3) is 0.400. The highest BCUT2D eigenvalue weighted by Crippen LogP contribution is 2.40. The summed E-state index contributed by atoms with van der Waals surface area (Å²) in [5.74, 6) is 0.0488. The van der Waals surface area contributed by atoms with Gasteiger partial charge in [-0.05, 0) is 68.0 Å². The minimum Gasteiger partial charge on any atom is -0.365 e. The van der Waals surface area contributed by atoms with Gasteiger partial charge in [0.05, 0.1) is 10.2 Å². The molecular weight excluding hydrogens is 510 g/mol. The molecule has 0 radical (unpaired) electrons. The zero-order valence-corrected chi connectivity index (χ0v) is 24.0. The van der Waals surface area contributed by atoms with E-state index >= 15 is 0 Å². The predicted molar refractivity (Wildman–Crippen MR) is 154 cm³/mol. The van der Waals surface area contributed by atoms with Crippen molar-refractivity contribution in [2.75, 3.05) is 5.32 Å². The number of carbonyl (C=O) groups excluding carboxylic acids is 3. The van der Waals surface area contributed by atoms with Gasteiger partial charge in [-0.25, -0.2) is 4.98 Å². The van der Waals surface area contributed by atoms with Crippen LogP contribution in [0.15, 0.2) is 36.4 Å². The van der Waals surface area contributed by atoms with Gasteiger partial charge in [-0.15, -0.1) is 0 Å². The summed E-state index contributed by atoms with van der Waals surface area (Å²) < 4.78 is 3.38. The second-order valence-electron chi connectivity index (χ2n) is 12.6. The molecule has 0 saturated carbocycles. The Kier molecular flexibility index (Phi) is 5.66. The number of anilines is 1. The van der Waals surface area contributed by atoms with Crippen LogP contribution in [0, 0.1) is 0 Å². The molecule has 1 unspecified atom stereocenters. The number of amides is 3. The topological polar surface area (TPSA) is 95.8 Å². The molecule has 2 N–H and O–H groups in total. The highest BCUT2D eigenvalue weighted by Gasteiger charge is 2.39. The van der Waals surface area contributed by atoms with Gasteiger partial charge in [0.15, 0.2) is 4.96 Å². The molecule has 3 amide bonds. The average molecular weight is 544 g/mol. The van der Waals surface area contributed by atoms with Crippen LogP contribution in [-0.4, -0.2) is 43.6 Å². The van der Waals surface area contributed by atoms with Crippen molar-refractivity contribution in [2.24, 2.45) is 0 Å². The third kappa shape index (κ3) is 4.38. The number of piperidine rings is 1. The number of hydrogen-bond acceptors (Lipinski definition) is 6. The van der Waals surface area contributed by atoms with Gasteiger partial charge in [-0.1, -0.05) is 44.2 Å². The van der Waals surface area contributed by atoms with Gasteiger partial charge in [0.1, 0.15) is 17.6 Å². The molecule has 4 aromatic rings. The van der Waals surface area contributed by atoms with Crippen LogP contribution >= 0.6 is 11.3 Å². The van der Waals surface area contributed by atoms with Crippen molar-refractivity contribution in [3.05, 3.63) is 53.1 Å². The number of thiazole rings is 1. The van der Waals surface area contributed by atoms with E-state index in [1.807, 2.05) is 18.2 Å². The van der Waals surface area contributed by atoms with Crippen molar-refractivity contribution < 1.29 is 14.4 Å². The second kappa shape index (κ2) is 8.64. The van der Waals surface area contributed by atoms with E-state index < -0.39 is 11.9 Å². The quantitative estimate of drug-likeness (QED) is 0.334. The average Bonchev–Trinajstić information content (AvgIpc) is 3.47. The molecule has 2 aromatic carbocycles. The summed E-state index contributed by atoms with van der Waals surface area (Å²) in [7, 11) is 0. The predicted octanol–water partition coefficient (Wildman–Crippen LogP) is 5.48. The molecule has 0 spiro atoms. The Bertz CT molecular complexity index is 1680. The van der Waals surface area contributed by atoms with Crippen LogP contribution in [0.3, 0.4) is 0 Å². The zero-order chi connectivity index (χ0) is 27.9. The smallest absolute Gasteiger partial charge is 0.255 e. The van der Waals surface area contributed by atoms with Crippen molar-refractivity contribution >= 4 is 50.1 Å². The molecule has 2 aromatic heterocycles. The number of rotatable bonds is 3. The Morgan fingerprint density at radius 2 is 1.79 bits per heavy atom. The van der Waals surface area contributed by atoms with E-state index in [0.717, 1.165) is 33.1 Å². The van der Waals surface area contributed by atoms with Crippen LogP contribution in [-0.2, 0) is 21.5 Å². The van der Waals surface area contributed by atoms with E-state index in [1.54, 1.807) is 16.2 Å². The van der Waals surface area contributed by atoms with Crippen molar-refractivity contribution in [3.8, 4) is 11.3 Å². The normalized spacial score (nSPS) is 18.3. The monoisotopic (exact) mass is 543 g/mol. The molecule has 0 aliphatic carbocycles. The first-order chi connectivity index (χ1) is 18.3. The molecule has 2 aliphatic rings. The first-order valence-electron chi connectivity index (χ1n) is 13.3. The first kappa shape index (κ1) is 25.6. The van der Waals surface area contributed by atoms with E-state index in [4.69, 9.17) is 4.98 Å². The Labute approximate surface area is 231 Å². The highest BCUT2D eigenvalue weighted by molar-refractivity contribution is 7.23. The van der Waals surface area contributed by atoms with Gasteiger partial charge in [0, 0.05) is 29.6 Å². The molecule has 39 heavy (non-hydrogen) atoms. The number of imidazole rings is 1. The summed E-state index contributed by atoms with van der Waals surface area (Å²) >= 11 is 1.67. The zero-order valence-electron chi connectivity index (χ0n) is 23.1. The lowest BCUT2D eigenvalue weighted by molar-refractivity contribution is -0.136. The highest BCUT2D eigenvalue weighted by atomic mass is 32.1. The van der Waals surface area contributed by atoms with Crippen LogP contribution in [0.4, 0.5) is 5.82 Å². The third-order valence-corrected chi connectivity index (χ3v) is 8.41. The van der Waals surface area contributed by atoms with Crippen LogP contribution in [0.2, 0.25) is 0 Å². The Morgan fingerprint density at radius 1 is 1.03 bits per heavy atom. The summed E-state index contributed by atoms with van der Waals surface area (Å²) in [6.45, 7) is 13.4. The molecule has 9 heteroatoms. The van der Waals surface area contributed by atoms with Crippen molar-refractivity contribution in [2.45, 2.75) is 77.9 Å². The van der Waals surface area contributed by atoms with E-state index in [2.05, 4.69) is 74.8 Å². The van der Waals surface area contributed by atoms with E-state index in [0.29, 0.717) is 18.5 Å². The van der Waals surface area contributed by atoms with Gasteiger partial charge in [-0.2, -0.15) is 0 Å². The fourth-order valence-electron chi connectivity index (χ4n) is 5.43. The number of benzene rings is 2. The van der Waals surface area contributed by atoms with Gasteiger partial charge in [-0.3, -0.25) is 24.1 Å². The number of fused-ring (bicyclic) bond motifs is 4. The van der Waals surface area contributed by atoms with Crippen molar-refractivity contribution in [1.29, 1.82) is 0 Å². The lowest BCUT2D eigenvalue weighted by Gasteiger charge is -2.29. The van der Waals surface area contributed by atoms with Crippen LogP contribution < -0.4 is 10.6 Å². The maximum atomic E-state index is 13.2. The largest absolute Gasteiger partial charge is 0.365 e. The molecule has 8 nitrogen and oxygen atoms in total. The minimum atomic E-state index is -0.633. The van der Waals surface area contributed by atoms with Crippen LogP contribution in [0.1, 0.15) is 75.9 Å². The molecular formula is C30H33N5O3S. The SMILES string of the molecule is CC(C)(C)Nc1c(-c2ccc3c(c2)CN(C2CCC(=O)NC2=O)C3=O)nc2sc3cc(C(C)(C)C)ccc3n12. The van der Waals surface area contributed by atoms with Gasteiger partial charge in [0.25, 0.3) is 5.91 Å². The lowest BCUT2D eigenvalue weighted by atomic mass is 9.87. The second-order valence-corrected chi connectivity index (χ2v) is 13.6. The first-order valence-corrected chi connectivity index (χ1v) is 14.1. The minimum absolute atomic E-state index is 0.0570. The van der Waals surface area contributed by atoms with Gasteiger partial charge in [0.2, 0.25) is 11.8 Å². The van der Waals surface area contributed by atoms with E-state index in [9.17, 15) is 14.4 Å². The maximum absolute atomic E-state index is 13.2. The molecule has 1 fully saturated rings. The van der Waals surface area contributed by atoms with Gasteiger partial charge >= 0.3 is 0 Å². The standard InChI is InChI=1S/C30H33N5O3S/c1-29(2,3)18-8-10-20-22(14-18)39-28-32-24(25(35(20)28)33-30(4,5)6)16-7-9-19-17(13-16)15-34(27(19)38)21-11-12-23(36)31-26(21)37/h7-10,13-14,21,33H,11-12,15H2,1-6H3,(H,31,36,37). The van der Waals surface area contributed by atoms with Crippen molar-refractivity contribution in [3.63, 3.8) is 0 Å². The summed E-state index contributed by atoms with van der Waals surface area (Å²) in [6.07, 6.45) is 0.582. The number of nitrogens with zero attached hydrogens (tertiary/aromatic N) is 3. The molecule has 1 atom stereocenters. The summed E-state index contributed by atoms with van der Waals surface area (Å²) in [5, 5.41) is 6.05. The Balaban J connectivity index is 1.43. The molecule has 2 aliphatic heterocycles. The maximum Gasteiger partial charge on any atom is 0.255 e. The van der Waals surface area contributed by atoms with Crippen LogP contribution in [0.25, 0.3) is 26.4 Å².